The Hall–Kier alpha value is -3.83. The van der Waals surface area contributed by atoms with Gasteiger partial charge in [-0.1, -0.05) is 25.0 Å². The zero-order chi connectivity index (χ0) is 28.7. The zero-order valence-corrected chi connectivity index (χ0v) is 24.8. The molecular weight excluding hydrogens is 536 g/mol. The van der Waals surface area contributed by atoms with Gasteiger partial charge in [0.15, 0.2) is 11.5 Å². The number of likely N-dealkylation sites (N-methyl/N-ethyl adjacent to an activating group) is 1. The molecule has 0 radical (unpaired) electrons. The maximum absolute atomic E-state index is 13.4. The lowest BCUT2D eigenvalue weighted by molar-refractivity contribution is 0.311. The van der Waals surface area contributed by atoms with E-state index in [1.165, 1.54) is 47.1 Å². The molecule has 1 aliphatic carbocycles. The number of anilines is 3. The molecule has 11 heteroatoms. The van der Waals surface area contributed by atoms with Crippen molar-refractivity contribution in [3.63, 3.8) is 0 Å². The van der Waals surface area contributed by atoms with Crippen LogP contribution >= 0.6 is 0 Å². The van der Waals surface area contributed by atoms with E-state index in [1.54, 1.807) is 41.6 Å². The van der Waals surface area contributed by atoms with E-state index in [0.717, 1.165) is 25.2 Å². The van der Waals surface area contributed by atoms with Crippen LogP contribution in [-0.4, -0.2) is 59.5 Å². The molecule has 41 heavy (non-hydrogen) atoms. The highest BCUT2D eigenvalue weighted by atomic mass is 32.3. The number of hydrogen-bond acceptors (Lipinski definition) is 7. The second-order valence-electron chi connectivity index (χ2n) is 11.6. The zero-order valence-electron chi connectivity index (χ0n) is 23.9. The van der Waals surface area contributed by atoms with Crippen LogP contribution in [-0.2, 0) is 29.6 Å². The Morgan fingerprint density at radius 2 is 1.98 bits per heavy atom. The maximum Gasteiger partial charge on any atom is 0.278 e. The molecule has 10 nitrogen and oxygen atoms in total. The van der Waals surface area contributed by atoms with Gasteiger partial charge in [-0.25, -0.2) is 19.3 Å². The minimum Gasteiger partial charge on any atom is -0.324 e. The van der Waals surface area contributed by atoms with Crippen molar-refractivity contribution < 1.29 is 4.21 Å². The van der Waals surface area contributed by atoms with Gasteiger partial charge in [-0.15, -0.1) is 6.58 Å². The monoisotopic (exact) mass is 574 g/mol. The van der Waals surface area contributed by atoms with E-state index in [1.807, 2.05) is 6.07 Å². The maximum atomic E-state index is 13.4. The van der Waals surface area contributed by atoms with Crippen LogP contribution in [0.3, 0.4) is 0 Å². The quantitative estimate of drug-likeness (QED) is 0.214. The molecule has 0 saturated heterocycles. The minimum absolute atomic E-state index is 0.233. The predicted molar refractivity (Wildman–Crippen MR) is 167 cm³/mol. The van der Waals surface area contributed by atoms with E-state index in [-0.39, 0.29) is 12.1 Å². The lowest BCUT2D eigenvalue weighted by Gasteiger charge is -2.29. The van der Waals surface area contributed by atoms with E-state index in [0.29, 0.717) is 34.5 Å². The largest absolute Gasteiger partial charge is 0.324 e. The summed E-state index contributed by atoms with van der Waals surface area (Å²) in [4.78, 5) is 29.8. The molecule has 0 atom stereocenters. The van der Waals surface area contributed by atoms with Crippen LogP contribution in [0.4, 0.5) is 17.5 Å². The summed E-state index contributed by atoms with van der Waals surface area (Å²) in [5.74, 6) is 1.94. The number of fused-ring (bicyclic) bond motifs is 2. The fraction of sp³-hybridized carbons (Fsp3) is 0.400. The summed E-state index contributed by atoms with van der Waals surface area (Å²) >= 11 is 0. The molecule has 4 aromatic rings. The molecule has 6 rings (SSSR count). The molecule has 3 aromatic heterocycles. The van der Waals surface area contributed by atoms with Gasteiger partial charge in [0.05, 0.1) is 6.54 Å². The smallest absolute Gasteiger partial charge is 0.278 e. The van der Waals surface area contributed by atoms with E-state index in [2.05, 4.69) is 50.7 Å². The Bertz CT molecular complexity index is 1730. The number of benzene rings is 1. The van der Waals surface area contributed by atoms with Crippen molar-refractivity contribution in [1.82, 2.24) is 29.2 Å². The summed E-state index contributed by atoms with van der Waals surface area (Å²) in [6.45, 7) is 6.10. The number of nitrogens with one attached hydrogen (secondary N) is 2. The second kappa shape index (κ2) is 10.9. The van der Waals surface area contributed by atoms with Crippen LogP contribution in [0.5, 0.6) is 0 Å². The molecular formula is C30H38N8O2S. The van der Waals surface area contributed by atoms with Gasteiger partial charge in [0.25, 0.3) is 5.56 Å². The summed E-state index contributed by atoms with van der Waals surface area (Å²) in [5, 5.41) is 3.83. The van der Waals surface area contributed by atoms with Crippen LogP contribution in [0.2, 0.25) is 0 Å². The van der Waals surface area contributed by atoms with Gasteiger partial charge >= 0.3 is 0 Å². The van der Waals surface area contributed by atoms with E-state index >= 15 is 0 Å². The van der Waals surface area contributed by atoms with Gasteiger partial charge in [-0.2, -0.15) is 4.98 Å². The van der Waals surface area contributed by atoms with Crippen molar-refractivity contribution >= 4 is 38.6 Å². The highest BCUT2D eigenvalue weighted by Gasteiger charge is 2.25. The van der Waals surface area contributed by atoms with Crippen molar-refractivity contribution in [2.24, 2.45) is 0 Å². The summed E-state index contributed by atoms with van der Waals surface area (Å²) in [6, 6.07) is 9.86. The van der Waals surface area contributed by atoms with E-state index in [4.69, 9.17) is 4.98 Å². The first-order valence-electron chi connectivity index (χ1n) is 14.2. The molecule has 2 N–H and O–H groups in total. The first-order chi connectivity index (χ1) is 19.7. The minimum atomic E-state index is -2.58. The number of pyridine rings is 1. The van der Waals surface area contributed by atoms with Crippen molar-refractivity contribution in [3.8, 4) is 5.82 Å². The molecule has 216 valence electrons. The number of rotatable bonds is 8. The Morgan fingerprint density at radius 1 is 1.17 bits per heavy atom. The average molecular weight is 575 g/mol. The van der Waals surface area contributed by atoms with Crippen LogP contribution < -0.4 is 15.6 Å². The molecule has 1 aromatic carbocycles. The lowest BCUT2D eigenvalue weighted by Crippen LogP contribution is -2.27. The van der Waals surface area contributed by atoms with Crippen LogP contribution in [0.1, 0.15) is 48.3 Å². The number of thiol groups is 1. The molecule has 2 aliphatic rings. The summed E-state index contributed by atoms with van der Waals surface area (Å²) in [5.41, 5.74) is 5.50. The fourth-order valence-electron chi connectivity index (χ4n) is 6.17. The fourth-order valence-corrected chi connectivity index (χ4v) is 6.84. The number of hydrogen-bond donors (Lipinski definition) is 3. The molecule has 1 saturated carbocycles. The Kier molecular flexibility index (Phi) is 7.25. The van der Waals surface area contributed by atoms with Crippen molar-refractivity contribution in [2.45, 2.75) is 51.1 Å². The van der Waals surface area contributed by atoms with Gasteiger partial charge in [-0.3, -0.25) is 9.00 Å². The molecule has 4 heterocycles. The molecule has 0 amide bonds. The Balaban J connectivity index is 1.43. The lowest BCUT2D eigenvalue weighted by atomic mass is 9.86. The SMILES string of the molecule is C=CCn1c(=O)c2cnc(Nc3cc4c(c(C5CCCC5)c3)CCN(C)C4)nc2n1-c1cccc(N[SH](C)(C)=O)n1. The molecule has 1 fully saturated rings. The number of allylic oxidation sites excluding steroid dienone is 1. The highest BCUT2D eigenvalue weighted by molar-refractivity contribution is 8.02. The molecule has 0 unspecified atom stereocenters. The highest BCUT2D eigenvalue weighted by Crippen LogP contribution is 2.40. The van der Waals surface area contributed by atoms with E-state index < -0.39 is 10.1 Å². The topological polar surface area (TPSA) is 110 Å². The summed E-state index contributed by atoms with van der Waals surface area (Å²) < 4.78 is 18.6. The van der Waals surface area contributed by atoms with Gasteiger partial charge in [0.1, 0.15) is 11.2 Å². The Labute approximate surface area is 241 Å². The van der Waals surface area contributed by atoms with Gasteiger partial charge in [0.2, 0.25) is 5.95 Å². The van der Waals surface area contributed by atoms with Crippen molar-refractivity contribution in [1.29, 1.82) is 0 Å². The van der Waals surface area contributed by atoms with Crippen LogP contribution in [0, 0.1) is 0 Å². The van der Waals surface area contributed by atoms with Gasteiger partial charge < -0.3 is 14.9 Å². The van der Waals surface area contributed by atoms with Crippen LogP contribution in [0.15, 0.2) is 54.0 Å². The molecule has 1 aliphatic heterocycles. The third-order valence-electron chi connectivity index (χ3n) is 7.92. The van der Waals surface area contributed by atoms with Crippen molar-refractivity contribution in [3.05, 3.63) is 76.2 Å². The third kappa shape index (κ3) is 5.56. The summed E-state index contributed by atoms with van der Waals surface area (Å²) in [6.07, 6.45) is 12.6. The second-order valence-corrected chi connectivity index (χ2v) is 14.5. The first-order valence-corrected chi connectivity index (χ1v) is 16.8. The standard InChI is InChI=1S/C30H38N8O2S/c1-5-14-37-29(39)25-18-31-30(34-28(25)38(37)27-12-8-11-26(33-27)35-41(3,4)40)32-22-16-21-19-36(2)15-13-23(21)24(17-22)20-9-6-7-10-20/h5,8,11-12,16-18,20,41H,1,6-7,9-10,13-15,19H2,2-4H3,(H,31,32,34)(H,33,35,40). The van der Waals surface area contributed by atoms with Gasteiger partial charge in [-0.05, 0) is 83.3 Å². The average Bonchev–Trinajstić information content (AvgIpc) is 3.55. The van der Waals surface area contributed by atoms with Crippen LogP contribution in [0.25, 0.3) is 16.9 Å². The molecule has 0 bridgehead atoms. The predicted octanol–water partition coefficient (Wildman–Crippen LogP) is 4.16. The van der Waals surface area contributed by atoms with E-state index in [9.17, 15) is 9.00 Å². The molecule has 0 spiro atoms. The third-order valence-corrected chi connectivity index (χ3v) is 8.69. The normalized spacial score (nSPS) is 16.6. The Morgan fingerprint density at radius 3 is 2.73 bits per heavy atom. The first kappa shape index (κ1) is 27.3. The summed E-state index contributed by atoms with van der Waals surface area (Å²) in [7, 11) is -0.416. The van der Waals surface area contributed by atoms with Gasteiger partial charge in [0, 0.05) is 37.5 Å². The number of aromatic nitrogens is 5. The number of nitrogens with zero attached hydrogens (tertiary/aromatic N) is 6. The van der Waals surface area contributed by atoms with Crippen molar-refractivity contribution in [2.75, 3.05) is 36.1 Å².